The number of pyridine rings is 2. The van der Waals surface area contributed by atoms with Crippen LogP contribution in [-0.4, -0.2) is 42.2 Å². The molecule has 1 saturated carbocycles. The molecule has 0 radical (unpaired) electrons. The predicted molar refractivity (Wildman–Crippen MR) is 107 cm³/mol. The second kappa shape index (κ2) is 8.91. The highest BCUT2D eigenvalue weighted by Gasteiger charge is 2.24. The van der Waals surface area contributed by atoms with Crippen molar-refractivity contribution in [2.45, 2.75) is 37.8 Å². The van der Waals surface area contributed by atoms with Crippen molar-refractivity contribution in [3.63, 3.8) is 0 Å². The van der Waals surface area contributed by atoms with Gasteiger partial charge in [0.25, 0.3) is 5.91 Å². The molecule has 156 valence electrons. The summed E-state index contributed by atoms with van der Waals surface area (Å²) in [7, 11) is 2.93. The average Bonchev–Trinajstić information content (AvgIpc) is 2.71. The van der Waals surface area contributed by atoms with Gasteiger partial charge in [-0.05, 0) is 18.9 Å². The first-order valence-electron chi connectivity index (χ1n) is 9.30. The number of halogens is 1. The van der Waals surface area contributed by atoms with E-state index >= 15 is 0 Å². The number of nitrogens with zero attached hydrogens (tertiary/aromatic N) is 2. The molecule has 0 unspecified atom stereocenters. The number of carbonyl (C=O) groups excluding carboxylic acids is 1. The third-order valence-electron chi connectivity index (χ3n) is 4.84. The molecule has 0 aliphatic heterocycles. The van der Waals surface area contributed by atoms with Crippen molar-refractivity contribution < 1.29 is 18.7 Å². The van der Waals surface area contributed by atoms with Gasteiger partial charge in [-0.3, -0.25) is 4.79 Å². The Balaban J connectivity index is 1.95. The minimum absolute atomic E-state index is 0.00726. The minimum atomic E-state index is -0.812. The number of carbonyl (C=O) groups is 1. The van der Waals surface area contributed by atoms with Crippen molar-refractivity contribution in [3.05, 3.63) is 29.6 Å². The highest BCUT2D eigenvalue weighted by atomic mass is 19.1. The molecule has 1 fully saturated rings. The van der Waals surface area contributed by atoms with E-state index < -0.39 is 11.7 Å². The summed E-state index contributed by atoms with van der Waals surface area (Å²) < 4.78 is 24.9. The van der Waals surface area contributed by atoms with Gasteiger partial charge in [0.05, 0.1) is 25.5 Å². The molecule has 0 aromatic carbocycles. The Morgan fingerprint density at radius 3 is 2.34 bits per heavy atom. The molecule has 2 aromatic rings. The number of aromatic nitrogens is 2. The molecule has 0 bridgehead atoms. The Morgan fingerprint density at radius 2 is 1.76 bits per heavy atom. The van der Waals surface area contributed by atoms with Crippen molar-refractivity contribution in [1.82, 2.24) is 9.97 Å². The topological polar surface area (TPSA) is 137 Å². The largest absolute Gasteiger partial charge is 0.481 e. The third-order valence-corrected chi connectivity index (χ3v) is 4.84. The van der Waals surface area contributed by atoms with E-state index in [0.717, 1.165) is 31.7 Å². The van der Waals surface area contributed by atoms with Crippen molar-refractivity contribution in [2.75, 3.05) is 24.9 Å². The lowest BCUT2D eigenvalue weighted by molar-refractivity contribution is 0.100. The molecule has 29 heavy (non-hydrogen) atoms. The molecule has 2 aromatic heterocycles. The zero-order valence-corrected chi connectivity index (χ0v) is 16.4. The summed E-state index contributed by atoms with van der Waals surface area (Å²) in [5.41, 5.74) is 12.0. The molecule has 10 heteroatoms. The van der Waals surface area contributed by atoms with Crippen LogP contribution in [-0.2, 0) is 0 Å². The van der Waals surface area contributed by atoms with Gasteiger partial charge >= 0.3 is 0 Å². The van der Waals surface area contributed by atoms with Gasteiger partial charge in [0.15, 0.2) is 11.6 Å². The lowest BCUT2D eigenvalue weighted by Gasteiger charge is -2.30. The summed E-state index contributed by atoms with van der Waals surface area (Å²) in [6, 6.07) is 4.04. The van der Waals surface area contributed by atoms with Crippen LogP contribution in [0.1, 0.15) is 36.0 Å². The number of primary amides is 1. The van der Waals surface area contributed by atoms with Crippen LogP contribution >= 0.6 is 0 Å². The molecule has 9 nitrogen and oxygen atoms in total. The molecule has 6 N–H and O–H groups in total. The van der Waals surface area contributed by atoms with Crippen LogP contribution in [0, 0.1) is 5.82 Å². The number of hydrogen-bond donors (Lipinski definition) is 4. The van der Waals surface area contributed by atoms with Crippen LogP contribution in [0.15, 0.2) is 18.2 Å². The van der Waals surface area contributed by atoms with Gasteiger partial charge in [-0.2, -0.15) is 4.98 Å². The van der Waals surface area contributed by atoms with E-state index in [9.17, 15) is 9.18 Å². The summed E-state index contributed by atoms with van der Waals surface area (Å²) in [5.74, 6) is -0.795. The Labute approximate surface area is 168 Å². The molecule has 2 heterocycles. The van der Waals surface area contributed by atoms with Crippen molar-refractivity contribution in [2.24, 2.45) is 11.5 Å². The van der Waals surface area contributed by atoms with Crippen LogP contribution in [0.25, 0.3) is 0 Å². The SMILES string of the molecule is COc1cc(Nc2nc(N[C@@H]3CCCC[C@@H]3N)c(F)cc2C(N)=O)cc(OC)n1. The van der Waals surface area contributed by atoms with Crippen LogP contribution in [0.5, 0.6) is 11.8 Å². The maximum absolute atomic E-state index is 14.6. The normalized spacial score (nSPS) is 18.8. The molecule has 1 aliphatic carbocycles. The Bertz CT molecular complexity index is 872. The van der Waals surface area contributed by atoms with Crippen molar-refractivity contribution in [1.29, 1.82) is 0 Å². The van der Waals surface area contributed by atoms with Gasteiger partial charge < -0.3 is 31.6 Å². The molecule has 0 saturated heterocycles. The maximum Gasteiger partial charge on any atom is 0.252 e. The van der Waals surface area contributed by atoms with E-state index in [4.69, 9.17) is 20.9 Å². The van der Waals surface area contributed by atoms with E-state index in [2.05, 4.69) is 20.6 Å². The predicted octanol–water partition coefficient (Wildman–Crippen LogP) is 2.16. The molecule has 0 spiro atoms. The summed E-state index contributed by atoms with van der Waals surface area (Å²) >= 11 is 0. The number of anilines is 3. The second-order valence-electron chi connectivity index (χ2n) is 6.84. The van der Waals surface area contributed by atoms with Crippen LogP contribution in [0.4, 0.5) is 21.7 Å². The smallest absolute Gasteiger partial charge is 0.252 e. The van der Waals surface area contributed by atoms with Gasteiger partial charge in [0.1, 0.15) is 5.82 Å². The van der Waals surface area contributed by atoms with Crippen LogP contribution in [0.3, 0.4) is 0 Å². The number of methoxy groups -OCH3 is 2. The molecule has 2 atom stereocenters. The van der Waals surface area contributed by atoms with E-state index in [1.807, 2.05) is 0 Å². The fourth-order valence-corrected chi connectivity index (χ4v) is 3.29. The van der Waals surface area contributed by atoms with Gasteiger partial charge in [-0.15, -0.1) is 0 Å². The van der Waals surface area contributed by atoms with E-state index in [-0.39, 0.29) is 29.3 Å². The van der Waals surface area contributed by atoms with E-state index in [0.29, 0.717) is 17.4 Å². The number of rotatable bonds is 7. The van der Waals surface area contributed by atoms with E-state index in [1.54, 1.807) is 12.1 Å². The molecule has 3 rings (SSSR count). The number of nitrogens with two attached hydrogens (primary N) is 2. The van der Waals surface area contributed by atoms with Gasteiger partial charge in [0, 0.05) is 24.2 Å². The number of ether oxygens (including phenoxy) is 2. The summed E-state index contributed by atoms with van der Waals surface area (Å²) in [5, 5.41) is 6.04. The quantitative estimate of drug-likeness (QED) is 0.551. The first-order chi connectivity index (χ1) is 13.9. The molecular weight excluding hydrogens is 379 g/mol. The van der Waals surface area contributed by atoms with Gasteiger partial charge in [-0.1, -0.05) is 12.8 Å². The van der Waals surface area contributed by atoms with E-state index in [1.165, 1.54) is 14.2 Å². The monoisotopic (exact) mass is 404 g/mol. The fraction of sp³-hybridized carbons (Fsp3) is 0.421. The first-order valence-corrected chi connectivity index (χ1v) is 9.30. The number of hydrogen-bond acceptors (Lipinski definition) is 8. The average molecular weight is 404 g/mol. The zero-order valence-electron chi connectivity index (χ0n) is 16.4. The lowest BCUT2D eigenvalue weighted by atomic mass is 9.91. The number of nitrogens with one attached hydrogen (secondary N) is 2. The maximum atomic E-state index is 14.6. The third kappa shape index (κ3) is 4.83. The van der Waals surface area contributed by atoms with Crippen molar-refractivity contribution in [3.8, 4) is 11.8 Å². The molecular formula is C19H25FN6O3. The lowest BCUT2D eigenvalue weighted by Crippen LogP contribution is -2.43. The summed E-state index contributed by atoms with van der Waals surface area (Å²) in [4.78, 5) is 20.2. The zero-order chi connectivity index (χ0) is 21.0. The fourth-order valence-electron chi connectivity index (χ4n) is 3.29. The Morgan fingerprint density at radius 1 is 1.10 bits per heavy atom. The highest BCUT2D eigenvalue weighted by Crippen LogP contribution is 2.29. The molecule has 1 amide bonds. The standard InChI is InChI=1S/C19H25FN6O3/c1-28-15-7-10(8-16(25-15)29-2)23-18-11(17(22)27)9-12(20)19(26-18)24-14-6-4-3-5-13(14)21/h7-9,13-14H,3-6,21H2,1-2H3,(H2,22,27)(H2,23,24,25,26)/t13-,14+/m0/s1. The van der Waals surface area contributed by atoms with Gasteiger partial charge in [-0.25, -0.2) is 9.37 Å². The minimum Gasteiger partial charge on any atom is -0.481 e. The Hall–Kier alpha value is -3.14. The highest BCUT2D eigenvalue weighted by molar-refractivity contribution is 5.98. The van der Waals surface area contributed by atoms with Crippen LogP contribution < -0.4 is 31.6 Å². The Kier molecular flexibility index (Phi) is 6.32. The van der Waals surface area contributed by atoms with Crippen molar-refractivity contribution >= 4 is 23.2 Å². The first kappa shape index (κ1) is 20.6. The van der Waals surface area contributed by atoms with Crippen LogP contribution in [0.2, 0.25) is 0 Å². The number of amides is 1. The summed E-state index contributed by atoms with van der Waals surface area (Å²) in [6.07, 6.45) is 3.74. The second-order valence-corrected chi connectivity index (χ2v) is 6.84. The molecule has 1 aliphatic rings. The van der Waals surface area contributed by atoms with Gasteiger partial charge in [0.2, 0.25) is 11.8 Å². The summed E-state index contributed by atoms with van der Waals surface area (Å²) in [6.45, 7) is 0.